The van der Waals surface area contributed by atoms with Gasteiger partial charge in [0, 0.05) is 26.2 Å². The fourth-order valence-corrected chi connectivity index (χ4v) is 3.55. The van der Waals surface area contributed by atoms with Crippen molar-refractivity contribution in [3.8, 4) is 0 Å². The van der Waals surface area contributed by atoms with Crippen molar-refractivity contribution in [1.82, 2.24) is 30.3 Å². The van der Waals surface area contributed by atoms with Gasteiger partial charge in [-0.05, 0) is 32.3 Å². The van der Waals surface area contributed by atoms with Gasteiger partial charge in [-0.15, -0.1) is 34.2 Å². The van der Waals surface area contributed by atoms with E-state index in [4.69, 9.17) is 10.7 Å². The first-order valence-electron chi connectivity index (χ1n) is 10.4. The van der Waals surface area contributed by atoms with Gasteiger partial charge in [0.1, 0.15) is 12.4 Å². The average Bonchev–Trinajstić information content (AvgIpc) is 3.05. The van der Waals surface area contributed by atoms with Crippen LogP contribution in [0.3, 0.4) is 0 Å². The van der Waals surface area contributed by atoms with E-state index in [2.05, 4.69) is 44.8 Å². The van der Waals surface area contributed by atoms with Crippen LogP contribution in [0.1, 0.15) is 43.0 Å². The highest BCUT2D eigenvalue weighted by molar-refractivity contribution is 14.0. The molecule has 2 heterocycles. The summed E-state index contributed by atoms with van der Waals surface area (Å²) in [4.78, 5) is 18.0. The number of rotatable bonds is 7. The van der Waals surface area contributed by atoms with Crippen molar-refractivity contribution in [2.45, 2.75) is 45.3 Å². The molecule has 4 N–H and O–H groups in total. The second-order valence-electron chi connectivity index (χ2n) is 7.83. The highest BCUT2D eigenvalue weighted by Crippen LogP contribution is 2.13. The third kappa shape index (κ3) is 7.46. The molecule has 1 atom stereocenters. The maximum atomic E-state index is 11.2. The van der Waals surface area contributed by atoms with Gasteiger partial charge in [-0.25, -0.2) is 4.99 Å². The summed E-state index contributed by atoms with van der Waals surface area (Å²) in [5, 5.41) is 15.4. The van der Waals surface area contributed by atoms with Crippen LogP contribution >= 0.6 is 24.0 Å². The van der Waals surface area contributed by atoms with Crippen LogP contribution in [-0.4, -0.2) is 57.2 Å². The molecule has 1 aliphatic heterocycles. The summed E-state index contributed by atoms with van der Waals surface area (Å²) in [5.74, 6) is 2.15. The van der Waals surface area contributed by atoms with E-state index in [1.165, 1.54) is 5.56 Å². The smallest absolute Gasteiger partial charge is 0.231 e. The molecule has 31 heavy (non-hydrogen) atoms. The Morgan fingerprint density at radius 3 is 2.52 bits per heavy atom. The van der Waals surface area contributed by atoms with Gasteiger partial charge in [0.05, 0.1) is 12.6 Å². The molecule has 0 aliphatic carbocycles. The number of piperidine rings is 1. The largest absolute Gasteiger partial charge is 0.369 e. The lowest BCUT2D eigenvalue weighted by Gasteiger charge is -2.32. The van der Waals surface area contributed by atoms with Crippen LogP contribution in [0.25, 0.3) is 0 Å². The van der Waals surface area contributed by atoms with Crippen LogP contribution in [0.15, 0.2) is 35.3 Å². The Morgan fingerprint density at radius 2 is 1.94 bits per heavy atom. The summed E-state index contributed by atoms with van der Waals surface area (Å²) in [6.07, 6.45) is 1.85. The van der Waals surface area contributed by atoms with E-state index in [9.17, 15) is 4.79 Å². The molecule has 10 heteroatoms. The molecule has 3 rings (SSSR count). The van der Waals surface area contributed by atoms with E-state index >= 15 is 0 Å². The summed E-state index contributed by atoms with van der Waals surface area (Å²) in [6, 6.07) is 10.7. The number of carbonyl (C=O) groups is 1. The number of aliphatic imine (C=N–C) groups is 1. The van der Waals surface area contributed by atoms with Gasteiger partial charge in [0.2, 0.25) is 5.91 Å². The molecule has 1 amide bonds. The van der Waals surface area contributed by atoms with Gasteiger partial charge in [-0.2, -0.15) is 0 Å². The van der Waals surface area contributed by atoms with E-state index < -0.39 is 0 Å². The van der Waals surface area contributed by atoms with Crippen molar-refractivity contribution in [2.75, 3.05) is 19.6 Å². The molecule has 9 nitrogen and oxygen atoms in total. The first-order chi connectivity index (χ1) is 14.4. The number of amides is 1. The van der Waals surface area contributed by atoms with Gasteiger partial charge < -0.3 is 20.9 Å². The fourth-order valence-electron chi connectivity index (χ4n) is 3.55. The molecular weight excluding hydrogens is 507 g/mol. The van der Waals surface area contributed by atoms with E-state index in [0.29, 0.717) is 13.1 Å². The number of halogens is 1. The summed E-state index contributed by atoms with van der Waals surface area (Å²) < 4.78 is 1.95. The van der Waals surface area contributed by atoms with Crippen molar-refractivity contribution < 1.29 is 4.79 Å². The molecule has 170 valence electrons. The van der Waals surface area contributed by atoms with Crippen LogP contribution in [-0.2, 0) is 18.4 Å². The van der Waals surface area contributed by atoms with Gasteiger partial charge in [0.15, 0.2) is 11.8 Å². The van der Waals surface area contributed by atoms with Gasteiger partial charge in [-0.1, -0.05) is 30.3 Å². The van der Waals surface area contributed by atoms with Crippen LogP contribution in [0, 0.1) is 6.92 Å². The average molecular weight is 540 g/mol. The number of nitrogens with zero attached hydrogens (tertiary/aromatic N) is 5. The molecule has 1 unspecified atom stereocenters. The number of likely N-dealkylation sites (tertiary alicyclic amines) is 1. The summed E-state index contributed by atoms with van der Waals surface area (Å²) >= 11 is 0. The molecule has 0 bridgehead atoms. The van der Waals surface area contributed by atoms with Crippen LogP contribution in [0.4, 0.5) is 0 Å². The molecule has 1 aromatic heterocycles. The fraction of sp³-hybridized carbons (Fsp3) is 0.524. The Morgan fingerprint density at radius 1 is 1.26 bits per heavy atom. The van der Waals surface area contributed by atoms with E-state index in [1.807, 2.05) is 36.7 Å². The van der Waals surface area contributed by atoms with E-state index in [1.54, 1.807) is 0 Å². The topological polar surface area (TPSA) is 113 Å². The minimum absolute atomic E-state index is 0. The second-order valence-corrected chi connectivity index (χ2v) is 7.83. The van der Waals surface area contributed by atoms with Gasteiger partial charge >= 0.3 is 0 Å². The summed E-state index contributed by atoms with van der Waals surface area (Å²) in [6.45, 7) is 6.48. The van der Waals surface area contributed by atoms with Gasteiger partial charge in [0.25, 0.3) is 0 Å². The third-order valence-electron chi connectivity index (χ3n) is 5.52. The monoisotopic (exact) mass is 540 g/mol. The molecule has 2 aromatic rings. The lowest BCUT2D eigenvalue weighted by atomic mass is 10.1. The molecule has 1 saturated heterocycles. The Labute approximate surface area is 200 Å². The maximum Gasteiger partial charge on any atom is 0.231 e. The zero-order chi connectivity index (χ0) is 21.5. The number of hydrogen-bond donors (Lipinski definition) is 3. The van der Waals surface area contributed by atoms with Gasteiger partial charge in [-0.3, -0.25) is 9.69 Å². The number of hydrogen-bond acceptors (Lipinski definition) is 5. The highest BCUT2D eigenvalue weighted by Gasteiger charge is 2.21. The molecular formula is C21H33IN8O. The SMILES string of the molecule is Cc1nnc(CN=C(NC2CCN(CC(N)=O)CC2)NC(C)c2ccccc2)n1C.I. The van der Waals surface area contributed by atoms with E-state index in [0.717, 1.165) is 43.5 Å². The number of guanidine groups is 1. The summed E-state index contributed by atoms with van der Waals surface area (Å²) in [5.41, 5.74) is 6.51. The molecule has 1 aromatic carbocycles. The Balaban J connectivity index is 0.00000341. The first kappa shape index (κ1) is 25.1. The number of benzene rings is 1. The van der Waals surface area contributed by atoms with Crippen molar-refractivity contribution in [1.29, 1.82) is 0 Å². The third-order valence-corrected chi connectivity index (χ3v) is 5.52. The number of nitrogens with two attached hydrogens (primary N) is 1. The molecule has 0 saturated carbocycles. The lowest BCUT2D eigenvalue weighted by molar-refractivity contribution is -0.119. The Hall–Kier alpha value is -2.21. The maximum absolute atomic E-state index is 11.2. The normalized spacial score (nSPS) is 16.4. The quantitative estimate of drug-likeness (QED) is 0.279. The predicted molar refractivity (Wildman–Crippen MR) is 132 cm³/mol. The van der Waals surface area contributed by atoms with Crippen molar-refractivity contribution in [2.24, 2.45) is 17.8 Å². The second kappa shape index (κ2) is 12.0. The lowest BCUT2D eigenvalue weighted by Crippen LogP contribution is -2.50. The van der Waals surface area contributed by atoms with Crippen molar-refractivity contribution in [3.05, 3.63) is 47.5 Å². The Kier molecular flexibility index (Phi) is 9.69. The van der Waals surface area contributed by atoms with Crippen molar-refractivity contribution >= 4 is 35.8 Å². The van der Waals surface area contributed by atoms with E-state index in [-0.39, 0.29) is 42.0 Å². The standard InChI is InChI=1S/C21H32N8O.HI/c1-15(17-7-5-4-6-8-17)24-21(23-13-20-27-26-16(2)28(20)3)25-18-9-11-29(12-10-18)14-19(22)30;/h4-8,15,18H,9-14H2,1-3H3,(H2,22,30)(H2,23,24,25);1H. The van der Waals surface area contributed by atoms with Crippen LogP contribution in [0.5, 0.6) is 0 Å². The molecule has 0 radical (unpaired) electrons. The zero-order valence-corrected chi connectivity index (χ0v) is 20.7. The zero-order valence-electron chi connectivity index (χ0n) is 18.4. The van der Waals surface area contributed by atoms with Crippen molar-refractivity contribution in [3.63, 3.8) is 0 Å². The predicted octanol–water partition coefficient (Wildman–Crippen LogP) is 1.49. The Bertz CT molecular complexity index is 862. The molecule has 1 aliphatic rings. The highest BCUT2D eigenvalue weighted by atomic mass is 127. The number of aromatic nitrogens is 3. The minimum atomic E-state index is -0.277. The molecule has 0 spiro atoms. The summed E-state index contributed by atoms with van der Waals surface area (Å²) in [7, 11) is 1.95. The van der Waals surface area contributed by atoms with Crippen LogP contribution in [0.2, 0.25) is 0 Å². The number of carbonyl (C=O) groups excluding carboxylic acids is 1. The first-order valence-corrected chi connectivity index (χ1v) is 10.4. The molecule has 1 fully saturated rings. The number of aryl methyl sites for hydroxylation is 1. The van der Waals surface area contributed by atoms with Crippen LogP contribution < -0.4 is 16.4 Å². The minimum Gasteiger partial charge on any atom is -0.369 e. The number of primary amides is 1. The number of nitrogens with one attached hydrogen (secondary N) is 2.